The van der Waals surface area contributed by atoms with Gasteiger partial charge in [-0.25, -0.2) is 23.5 Å². The van der Waals surface area contributed by atoms with Crippen molar-refractivity contribution in [3.05, 3.63) is 36.3 Å². The largest absolute Gasteiger partial charge is 0.479 e. The number of quaternary nitrogens is 1. The molecule has 14 heteroatoms. The number of fused-ring (bicyclic) bond motifs is 2. The number of hydrogen-bond acceptors (Lipinski definition) is 9. The van der Waals surface area contributed by atoms with E-state index in [1.807, 2.05) is 0 Å². The number of piperazine rings is 1. The highest BCUT2D eigenvalue weighted by molar-refractivity contribution is 5.93. The molecule has 0 spiro atoms. The molecular formula is C25H32FN10O3+. The van der Waals surface area contributed by atoms with Crippen LogP contribution in [0.5, 0.6) is 5.88 Å². The SMILES string of the molecule is CNC(=O)c1cnc2ncc(-c3c(F)cn4nc(N[N+]5(C)CCN(C6COC6)CC5(C)C)nc(OC)c34)cn12. The highest BCUT2D eigenvalue weighted by Crippen LogP contribution is 2.35. The topological polar surface area (TPSA) is 123 Å². The Balaban J connectivity index is 1.37. The molecule has 0 aliphatic carbocycles. The van der Waals surface area contributed by atoms with Crippen molar-refractivity contribution in [1.82, 2.24) is 39.2 Å². The zero-order chi connectivity index (χ0) is 27.5. The van der Waals surface area contributed by atoms with Gasteiger partial charge in [-0.3, -0.25) is 14.1 Å². The summed E-state index contributed by atoms with van der Waals surface area (Å²) < 4.78 is 30.0. The number of methoxy groups -OCH3 is 1. The summed E-state index contributed by atoms with van der Waals surface area (Å²) in [6.45, 7) is 8.59. The molecule has 6 heterocycles. The first-order valence-corrected chi connectivity index (χ1v) is 12.8. The third kappa shape index (κ3) is 4.06. The Hall–Kier alpha value is -3.88. The van der Waals surface area contributed by atoms with Crippen LogP contribution in [0.15, 0.2) is 24.8 Å². The van der Waals surface area contributed by atoms with Gasteiger partial charge in [0.05, 0.1) is 64.5 Å². The summed E-state index contributed by atoms with van der Waals surface area (Å²) in [6, 6.07) is 0.468. The summed E-state index contributed by atoms with van der Waals surface area (Å²) in [4.78, 5) is 27.9. The molecule has 2 N–H and O–H groups in total. The van der Waals surface area contributed by atoms with Crippen molar-refractivity contribution in [1.29, 1.82) is 0 Å². The Morgan fingerprint density at radius 3 is 2.69 bits per heavy atom. The second kappa shape index (κ2) is 9.10. The second-order valence-electron chi connectivity index (χ2n) is 10.8. The fourth-order valence-electron chi connectivity index (χ4n) is 5.32. The van der Waals surface area contributed by atoms with Gasteiger partial charge in [0.15, 0.2) is 5.82 Å². The Morgan fingerprint density at radius 1 is 1.26 bits per heavy atom. The Morgan fingerprint density at radius 2 is 2.03 bits per heavy atom. The van der Waals surface area contributed by atoms with E-state index in [9.17, 15) is 4.79 Å². The van der Waals surface area contributed by atoms with Crippen molar-refractivity contribution in [3.63, 3.8) is 0 Å². The minimum Gasteiger partial charge on any atom is -0.479 e. The molecule has 0 saturated carbocycles. The lowest BCUT2D eigenvalue weighted by Gasteiger charge is -2.54. The number of halogens is 1. The molecule has 2 aliphatic rings. The van der Waals surface area contributed by atoms with Gasteiger partial charge < -0.3 is 14.8 Å². The van der Waals surface area contributed by atoms with E-state index < -0.39 is 5.82 Å². The number of ether oxygens (including phenoxy) is 2. The van der Waals surface area contributed by atoms with Gasteiger partial charge in [-0.05, 0) is 13.8 Å². The van der Waals surface area contributed by atoms with Gasteiger partial charge in [-0.15, -0.1) is 5.10 Å². The summed E-state index contributed by atoms with van der Waals surface area (Å²) in [5.74, 6) is -0.0120. The Labute approximate surface area is 224 Å². The van der Waals surface area contributed by atoms with E-state index in [0.717, 1.165) is 32.8 Å². The zero-order valence-corrected chi connectivity index (χ0v) is 22.6. The van der Waals surface area contributed by atoms with Gasteiger partial charge in [0.1, 0.15) is 23.3 Å². The first-order chi connectivity index (χ1) is 18.6. The van der Waals surface area contributed by atoms with Gasteiger partial charge in [-0.1, -0.05) is 0 Å². The number of nitrogens with zero attached hydrogens (tertiary/aromatic N) is 8. The molecule has 0 aromatic carbocycles. The van der Waals surface area contributed by atoms with Crippen molar-refractivity contribution in [2.45, 2.75) is 25.4 Å². The number of carbonyl (C=O) groups is 1. The molecule has 0 radical (unpaired) electrons. The highest BCUT2D eigenvalue weighted by atomic mass is 19.1. The Kier molecular flexibility index (Phi) is 5.93. The molecule has 4 aromatic heterocycles. The van der Waals surface area contributed by atoms with Gasteiger partial charge in [0.2, 0.25) is 11.7 Å². The maximum Gasteiger partial charge on any atom is 0.290 e. The lowest BCUT2D eigenvalue weighted by atomic mass is 9.96. The van der Waals surface area contributed by atoms with Crippen molar-refractivity contribution in [2.24, 2.45) is 0 Å². The van der Waals surface area contributed by atoms with E-state index in [0.29, 0.717) is 33.4 Å². The number of rotatable bonds is 6. The number of anilines is 1. The van der Waals surface area contributed by atoms with E-state index in [-0.39, 0.29) is 28.6 Å². The molecule has 1 atom stereocenters. The number of nitrogens with one attached hydrogen (secondary N) is 2. The molecule has 1 amide bonds. The van der Waals surface area contributed by atoms with Crippen molar-refractivity contribution in [2.75, 3.05) is 59.5 Å². The predicted octanol–water partition coefficient (Wildman–Crippen LogP) is 1.21. The third-order valence-electron chi connectivity index (χ3n) is 8.10. The normalized spacial score (nSPS) is 21.7. The van der Waals surface area contributed by atoms with E-state index in [4.69, 9.17) is 9.47 Å². The Bertz CT molecular complexity index is 1580. The van der Waals surface area contributed by atoms with Crippen LogP contribution in [0.3, 0.4) is 0 Å². The first kappa shape index (κ1) is 25.4. The van der Waals surface area contributed by atoms with Crippen LogP contribution < -0.4 is 15.5 Å². The average molecular weight is 540 g/mol. The third-order valence-corrected chi connectivity index (χ3v) is 8.10. The minimum atomic E-state index is -0.528. The van der Waals surface area contributed by atoms with Crippen LogP contribution >= 0.6 is 0 Å². The van der Waals surface area contributed by atoms with Crippen molar-refractivity contribution in [3.8, 4) is 17.0 Å². The van der Waals surface area contributed by atoms with Crippen molar-refractivity contribution >= 4 is 23.1 Å². The number of hydrogen-bond donors (Lipinski definition) is 2. The molecular weight excluding hydrogens is 507 g/mol. The van der Waals surface area contributed by atoms with Crippen molar-refractivity contribution < 1.29 is 23.3 Å². The summed E-state index contributed by atoms with van der Waals surface area (Å²) in [5.41, 5.74) is 4.58. The molecule has 2 aliphatic heterocycles. The maximum absolute atomic E-state index is 15.5. The summed E-state index contributed by atoms with van der Waals surface area (Å²) in [7, 11) is 5.13. The summed E-state index contributed by atoms with van der Waals surface area (Å²) in [6.07, 6.45) is 5.83. The molecule has 0 bridgehead atoms. The van der Waals surface area contributed by atoms with E-state index in [2.05, 4.69) is 56.6 Å². The minimum absolute atomic E-state index is 0.166. The number of imidazole rings is 1. The van der Waals surface area contributed by atoms with Crippen LogP contribution in [0.25, 0.3) is 22.4 Å². The van der Waals surface area contributed by atoms with Crippen LogP contribution in [-0.2, 0) is 4.74 Å². The van der Waals surface area contributed by atoms with Crippen LogP contribution in [0.4, 0.5) is 10.3 Å². The van der Waals surface area contributed by atoms with Crippen LogP contribution in [0.1, 0.15) is 24.3 Å². The molecule has 13 nitrogen and oxygen atoms in total. The highest BCUT2D eigenvalue weighted by Gasteiger charge is 2.49. The van der Waals surface area contributed by atoms with Gasteiger partial charge >= 0.3 is 0 Å². The summed E-state index contributed by atoms with van der Waals surface area (Å²) in [5, 5.41) is 7.18. The molecule has 1 unspecified atom stereocenters. The number of aromatic nitrogens is 6. The quantitative estimate of drug-likeness (QED) is 0.348. The number of amides is 1. The van der Waals surface area contributed by atoms with Crippen LogP contribution in [0.2, 0.25) is 0 Å². The summed E-state index contributed by atoms with van der Waals surface area (Å²) >= 11 is 0. The average Bonchev–Trinajstić information content (AvgIpc) is 3.44. The lowest BCUT2D eigenvalue weighted by molar-refractivity contribution is -0.941. The van der Waals surface area contributed by atoms with E-state index >= 15 is 4.39 Å². The molecule has 4 aromatic rings. The predicted molar refractivity (Wildman–Crippen MR) is 140 cm³/mol. The fraction of sp³-hybridized carbons (Fsp3) is 0.480. The monoisotopic (exact) mass is 539 g/mol. The zero-order valence-electron chi connectivity index (χ0n) is 22.6. The lowest BCUT2D eigenvalue weighted by Crippen LogP contribution is -2.73. The second-order valence-corrected chi connectivity index (χ2v) is 10.8. The molecule has 2 saturated heterocycles. The first-order valence-electron chi connectivity index (χ1n) is 12.8. The van der Waals surface area contributed by atoms with Crippen LogP contribution in [-0.4, -0.2) is 110 Å². The standard InChI is InChI=1S/C25H31FN10O3/c1-25(2)14-33(16-12-39-13-16)6-7-36(25,4)32-23-30-22(38-5)20-19(17(26)11-35(20)31-23)15-8-28-24-29-9-18(21(37)27-3)34(24)10-15/h8-11,16H,6-7,12-14H2,1-5H3,(H-,27,31,32,37)/p+1. The van der Waals surface area contributed by atoms with Gasteiger partial charge in [0, 0.05) is 25.0 Å². The number of carbonyl (C=O) groups excluding carboxylic acids is 1. The van der Waals surface area contributed by atoms with Gasteiger partial charge in [-0.2, -0.15) is 10.4 Å². The maximum atomic E-state index is 15.5. The number of likely N-dealkylation sites (N-methyl/N-ethyl adjacent to an activating group) is 1. The van der Waals surface area contributed by atoms with Crippen LogP contribution in [0, 0.1) is 5.82 Å². The molecule has 6 rings (SSSR count). The van der Waals surface area contributed by atoms with E-state index in [1.165, 1.54) is 41.7 Å². The smallest absolute Gasteiger partial charge is 0.290 e. The molecule has 206 valence electrons. The molecule has 39 heavy (non-hydrogen) atoms. The fourth-order valence-corrected chi connectivity index (χ4v) is 5.32. The van der Waals surface area contributed by atoms with Gasteiger partial charge in [0.25, 0.3) is 11.9 Å². The van der Waals surface area contributed by atoms with E-state index in [1.54, 1.807) is 6.20 Å². The molecule has 2 fully saturated rings.